The summed E-state index contributed by atoms with van der Waals surface area (Å²) >= 11 is 0. The second kappa shape index (κ2) is 10.5. The van der Waals surface area contributed by atoms with Crippen LogP contribution in [0.1, 0.15) is 54.6 Å². The predicted molar refractivity (Wildman–Crippen MR) is 148 cm³/mol. The van der Waals surface area contributed by atoms with E-state index in [1.807, 2.05) is 17.0 Å². The highest BCUT2D eigenvalue weighted by Gasteiger charge is 2.26. The molecular formula is C29H32N6O3. The summed E-state index contributed by atoms with van der Waals surface area (Å²) in [5, 5.41) is 14.5. The van der Waals surface area contributed by atoms with Gasteiger partial charge in [0, 0.05) is 49.6 Å². The Hall–Kier alpha value is -4.40. The molecule has 2 amide bonds. The molecule has 3 heterocycles. The van der Waals surface area contributed by atoms with Crippen LogP contribution in [-0.4, -0.2) is 51.0 Å². The Balaban J connectivity index is 1.33. The molecule has 1 atom stereocenters. The molecule has 0 radical (unpaired) electrons. The van der Waals surface area contributed by atoms with E-state index in [1.54, 1.807) is 43.5 Å². The zero-order chi connectivity index (χ0) is 26.8. The van der Waals surface area contributed by atoms with Gasteiger partial charge in [-0.2, -0.15) is 5.10 Å². The summed E-state index contributed by atoms with van der Waals surface area (Å²) in [5.74, 6) is 1.98. The van der Waals surface area contributed by atoms with Crippen molar-refractivity contribution in [1.29, 1.82) is 0 Å². The maximum absolute atomic E-state index is 13.0. The van der Waals surface area contributed by atoms with Gasteiger partial charge in [-0.05, 0) is 60.7 Å². The monoisotopic (exact) mass is 512 g/mol. The van der Waals surface area contributed by atoms with Crippen molar-refractivity contribution >= 4 is 34.4 Å². The number of carbonyl (C=O) groups excluding carboxylic acids is 2. The number of pyridine rings is 1. The molecule has 38 heavy (non-hydrogen) atoms. The number of H-pyrrole nitrogens is 1. The van der Waals surface area contributed by atoms with Gasteiger partial charge in [0.2, 0.25) is 5.91 Å². The first-order valence-electron chi connectivity index (χ1n) is 12.8. The van der Waals surface area contributed by atoms with E-state index in [9.17, 15) is 9.59 Å². The number of aromatic amines is 1. The summed E-state index contributed by atoms with van der Waals surface area (Å²) in [5.41, 5.74) is 4.23. The summed E-state index contributed by atoms with van der Waals surface area (Å²) in [4.78, 5) is 30.9. The van der Waals surface area contributed by atoms with Crippen LogP contribution in [0.25, 0.3) is 11.0 Å². The Morgan fingerprint density at radius 1 is 1.16 bits per heavy atom. The molecule has 3 N–H and O–H groups in total. The van der Waals surface area contributed by atoms with Crippen molar-refractivity contribution < 1.29 is 14.3 Å². The van der Waals surface area contributed by atoms with Crippen LogP contribution in [0.3, 0.4) is 0 Å². The Morgan fingerprint density at radius 2 is 2.00 bits per heavy atom. The van der Waals surface area contributed by atoms with Gasteiger partial charge in [-0.3, -0.25) is 14.7 Å². The summed E-state index contributed by atoms with van der Waals surface area (Å²) in [6.07, 6.45) is 2.48. The summed E-state index contributed by atoms with van der Waals surface area (Å²) in [6, 6.07) is 14.9. The van der Waals surface area contributed by atoms with Crippen LogP contribution in [-0.2, 0) is 4.79 Å². The Kier molecular flexibility index (Phi) is 7.00. The number of likely N-dealkylation sites (tertiary alicyclic amines) is 1. The lowest BCUT2D eigenvalue weighted by molar-refractivity contribution is -0.127. The largest absolute Gasteiger partial charge is 0.456 e. The summed E-state index contributed by atoms with van der Waals surface area (Å²) in [7, 11) is 0. The number of carbonyl (C=O) groups is 2. The Bertz CT molecular complexity index is 1490. The number of hydrogen-bond acceptors (Lipinski definition) is 6. The SMILES string of the molecule is CC(=O)N1CC[C@H](Nc2n[nH]c3nccc(Oc4cccc(C(=O)Nc5ccc(C(C)C)c(C)c5)c4)c23)C1. The molecule has 0 bridgehead atoms. The number of amides is 2. The van der Waals surface area contributed by atoms with Gasteiger partial charge >= 0.3 is 0 Å². The van der Waals surface area contributed by atoms with Gasteiger partial charge in [0.05, 0.1) is 0 Å². The smallest absolute Gasteiger partial charge is 0.255 e. The highest BCUT2D eigenvalue weighted by atomic mass is 16.5. The van der Waals surface area contributed by atoms with E-state index >= 15 is 0 Å². The first kappa shape index (κ1) is 25.3. The molecule has 5 rings (SSSR count). The van der Waals surface area contributed by atoms with E-state index in [4.69, 9.17) is 4.74 Å². The van der Waals surface area contributed by atoms with Crippen LogP contribution in [0.2, 0.25) is 0 Å². The molecule has 2 aromatic heterocycles. The van der Waals surface area contributed by atoms with E-state index in [2.05, 4.69) is 52.7 Å². The van der Waals surface area contributed by atoms with Crippen LogP contribution in [0.5, 0.6) is 11.5 Å². The molecular weight excluding hydrogens is 480 g/mol. The predicted octanol–water partition coefficient (Wildman–Crippen LogP) is 5.47. The number of fused-ring (bicyclic) bond motifs is 1. The molecule has 2 aromatic carbocycles. The molecule has 0 aliphatic carbocycles. The quantitative estimate of drug-likeness (QED) is 0.303. The number of benzene rings is 2. The summed E-state index contributed by atoms with van der Waals surface area (Å²) < 4.78 is 6.23. The third-order valence-corrected chi connectivity index (χ3v) is 6.87. The molecule has 0 unspecified atom stereocenters. The number of hydrogen-bond donors (Lipinski definition) is 3. The molecule has 1 saturated heterocycles. The highest BCUT2D eigenvalue weighted by molar-refractivity contribution is 6.04. The van der Waals surface area contributed by atoms with Crippen LogP contribution in [0.4, 0.5) is 11.5 Å². The van der Waals surface area contributed by atoms with Crippen molar-refractivity contribution in [2.24, 2.45) is 0 Å². The van der Waals surface area contributed by atoms with Crippen molar-refractivity contribution in [2.75, 3.05) is 23.7 Å². The number of aromatic nitrogens is 3. The number of nitrogens with zero attached hydrogens (tertiary/aromatic N) is 3. The number of aryl methyl sites for hydroxylation is 1. The number of rotatable bonds is 7. The normalized spacial score (nSPS) is 15.2. The van der Waals surface area contributed by atoms with E-state index in [0.717, 1.165) is 17.7 Å². The first-order chi connectivity index (χ1) is 18.3. The van der Waals surface area contributed by atoms with Crippen molar-refractivity contribution in [2.45, 2.75) is 46.1 Å². The number of ether oxygens (including phenoxy) is 1. The minimum Gasteiger partial charge on any atom is -0.456 e. The second-order valence-electron chi connectivity index (χ2n) is 10.0. The van der Waals surface area contributed by atoms with E-state index in [-0.39, 0.29) is 17.9 Å². The molecule has 0 saturated carbocycles. The van der Waals surface area contributed by atoms with E-state index in [1.165, 1.54) is 5.56 Å². The molecule has 1 fully saturated rings. The average Bonchev–Trinajstić information content (AvgIpc) is 3.52. The molecule has 1 aliphatic heterocycles. The van der Waals surface area contributed by atoms with Crippen LogP contribution in [0, 0.1) is 6.92 Å². The lowest BCUT2D eigenvalue weighted by Crippen LogP contribution is -2.29. The molecule has 1 aliphatic rings. The standard InChI is InChI=1S/C29H32N6O3/c1-17(2)24-9-8-21(14-18(24)3)32-29(37)20-6-5-7-23(15-20)38-25-10-12-30-27-26(25)28(34-33-27)31-22-11-13-35(16-22)19(4)36/h5-10,12,14-15,17,22H,11,13,16H2,1-4H3,(H,32,37)(H2,30,31,33,34)/t22-/m0/s1. The van der Waals surface area contributed by atoms with Crippen molar-refractivity contribution in [3.05, 3.63) is 71.4 Å². The van der Waals surface area contributed by atoms with Crippen LogP contribution in [0.15, 0.2) is 54.7 Å². The van der Waals surface area contributed by atoms with Crippen LogP contribution < -0.4 is 15.4 Å². The van der Waals surface area contributed by atoms with Gasteiger partial charge < -0.3 is 20.3 Å². The third-order valence-electron chi connectivity index (χ3n) is 6.87. The van der Waals surface area contributed by atoms with Gasteiger partial charge in [0.15, 0.2) is 11.5 Å². The van der Waals surface area contributed by atoms with Gasteiger partial charge in [-0.15, -0.1) is 0 Å². The van der Waals surface area contributed by atoms with E-state index < -0.39 is 0 Å². The van der Waals surface area contributed by atoms with Gasteiger partial charge in [0.25, 0.3) is 5.91 Å². The minimum absolute atomic E-state index is 0.0681. The fourth-order valence-corrected chi connectivity index (χ4v) is 4.90. The minimum atomic E-state index is -0.214. The van der Waals surface area contributed by atoms with Crippen molar-refractivity contribution in [3.8, 4) is 11.5 Å². The fraction of sp³-hybridized carbons (Fsp3) is 0.310. The number of nitrogens with one attached hydrogen (secondary N) is 3. The molecule has 4 aromatic rings. The fourth-order valence-electron chi connectivity index (χ4n) is 4.90. The Labute approximate surface area is 221 Å². The maximum Gasteiger partial charge on any atom is 0.255 e. The summed E-state index contributed by atoms with van der Waals surface area (Å²) in [6.45, 7) is 9.29. The zero-order valence-corrected chi connectivity index (χ0v) is 22.0. The van der Waals surface area contributed by atoms with Crippen molar-refractivity contribution in [3.63, 3.8) is 0 Å². The second-order valence-corrected chi connectivity index (χ2v) is 10.0. The van der Waals surface area contributed by atoms with E-state index in [0.29, 0.717) is 52.9 Å². The average molecular weight is 513 g/mol. The lowest BCUT2D eigenvalue weighted by atomic mass is 9.97. The van der Waals surface area contributed by atoms with Crippen LogP contribution >= 0.6 is 0 Å². The third kappa shape index (κ3) is 5.32. The molecule has 196 valence electrons. The maximum atomic E-state index is 13.0. The molecule has 9 heteroatoms. The lowest BCUT2D eigenvalue weighted by Gasteiger charge is -2.15. The number of anilines is 2. The first-order valence-corrected chi connectivity index (χ1v) is 12.8. The Morgan fingerprint density at radius 3 is 2.74 bits per heavy atom. The molecule has 0 spiro atoms. The van der Waals surface area contributed by atoms with Crippen molar-refractivity contribution in [1.82, 2.24) is 20.1 Å². The van der Waals surface area contributed by atoms with Gasteiger partial charge in [-0.25, -0.2) is 4.98 Å². The highest BCUT2D eigenvalue weighted by Crippen LogP contribution is 2.34. The molecule has 9 nitrogen and oxygen atoms in total. The van der Waals surface area contributed by atoms with Gasteiger partial charge in [0.1, 0.15) is 16.9 Å². The van der Waals surface area contributed by atoms with Gasteiger partial charge in [-0.1, -0.05) is 26.0 Å². The topological polar surface area (TPSA) is 112 Å². The zero-order valence-electron chi connectivity index (χ0n) is 22.0.